The summed E-state index contributed by atoms with van der Waals surface area (Å²) < 4.78 is 0. The molecule has 4 heteroatoms. The van der Waals surface area contributed by atoms with Gasteiger partial charge in [-0.15, -0.1) is 11.3 Å². The van der Waals surface area contributed by atoms with Gasteiger partial charge >= 0.3 is 0 Å². The van der Waals surface area contributed by atoms with Gasteiger partial charge in [-0.1, -0.05) is 30.3 Å². The number of carbonyl (C=O) groups is 1. The first-order chi connectivity index (χ1) is 11.3. The Labute approximate surface area is 142 Å². The second-order valence-corrected chi connectivity index (χ2v) is 7.28. The molecule has 23 heavy (non-hydrogen) atoms. The van der Waals surface area contributed by atoms with Gasteiger partial charge in [-0.25, -0.2) is 0 Å². The highest BCUT2D eigenvalue weighted by Crippen LogP contribution is 2.29. The maximum absolute atomic E-state index is 12.5. The van der Waals surface area contributed by atoms with Crippen LogP contribution < -0.4 is 10.2 Å². The van der Waals surface area contributed by atoms with Crippen molar-refractivity contribution in [2.24, 2.45) is 0 Å². The van der Waals surface area contributed by atoms with Gasteiger partial charge in [0.25, 0.3) is 5.91 Å². The molecule has 2 N–H and O–H groups in total. The molecule has 1 aromatic carbocycles. The monoisotopic (exact) mass is 329 g/mol. The molecule has 1 aliphatic carbocycles. The lowest BCUT2D eigenvalue weighted by Crippen LogP contribution is -3.11. The molecule has 1 aromatic heterocycles. The number of fused-ring (bicyclic) bond motifs is 1. The van der Waals surface area contributed by atoms with Crippen molar-refractivity contribution in [2.75, 3.05) is 13.1 Å². The smallest absolute Gasteiger partial charge is 0.275 e. The number of aryl methyl sites for hydroxylation is 1. The Balaban J connectivity index is 1.59. The van der Waals surface area contributed by atoms with Crippen LogP contribution in [-0.2, 0) is 17.8 Å². The van der Waals surface area contributed by atoms with E-state index in [0.29, 0.717) is 6.54 Å². The van der Waals surface area contributed by atoms with E-state index in [2.05, 4.69) is 54.0 Å². The molecule has 122 valence electrons. The second kappa shape index (κ2) is 7.75. The highest BCUT2D eigenvalue weighted by molar-refractivity contribution is 7.09. The first kappa shape index (κ1) is 16.2. The summed E-state index contributed by atoms with van der Waals surface area (Å²) in [6.45, 7) is 4.59. The van der Waals surface area contributed by atoms with Crippen molar-refractivity contribution in [3.05, 3.63) is 57.8 Å². The van der Waals surface area contributed by atoms with Crippen molar-refractivity contribution in [3.63, 3.8) is 0 Å². The number of quaternary nitrogens is 1. The molecule has 1 amide bonds. The molecule has 0 aliphatic heterocycles. The summed E-state index contributed by atoms with van der Waals surface area (Å²) in [6.07, 6.45) is 3.34. The molecule has 3 nitrogen and oxygen atoms in total. The number of carbonyl (C=O) groups excluding carboxylic acids is 1. The van der Waals surface area contributed by atoms with Crippen LogP contribution in [0.15, 0.2) is 41.8 Å². The van der Waals surface area contributed by atoms with Crippen LogP contribution in [0.1, 0.15) is 41.8 Å². The van der Waals surface area contributed by atoms with E-state index in [4.69, 9.17) is 0 Å². The van der Waals surface area contributed by atoms with Crippen LogP contribution in [0.3, 0.4) is 0 Å². The van der Waals surface area contributed by atoms with Crippen molar-refractivity contribution < 1.29 is 9.69 Å². The molecular formula is C19H25N2OS+. The topological polar surface area (TPSA) is 33.5 Å². The lowest BCUT2D eigenvalue weighted by Gasteiger charge is -2.27. The Kier molecular flexibility index (Phi) is 5.47. The second-order valence-electron chi connectivity index (χ2n) is 6.25. The normalized spacial score (nSPS) is 18.2. The van der Waals surface area contributed by atoms with Crippen LogP contribution in [0.5, 0.6) is 0 Å². The number of thiophene rings is 1. The van der Waals surface area contributed by atoms with Gasteiger partial charge in [-0.3, -0.25) is 4.79 Å². The van der Waals surface area contributed by atoms with Gasteiger partial charge in [0.05, 0.1) is 17.5 Å². The molecule has 1 unspecified atom stereocenters. The van der Waals surface area contributed by atoms with E-state index >= 15 is 0 Å². The number of hydrogen-bond acceptors (Lipinski definition) is 2. The molecule has 0 bridgehead atoms. The zero-order valence-electron chi connectivity index (χ0n) is 13.7. The summed E-state index contributed by atoms with van der Waals surface area (Å²) >= 11 is 1.77. The minimum Gasteiger partial charge on any atom is -0.344 e. The summed E-state index contributed by atoms with van der Waals surface area (Å²) in [5.74, 6) is 0.167. The summed E-state index contributed by atoms with van der Waals surface area (Å²) in [7, 11) is 0. The molecule has 0 fully saturated rings. The predicted octanol–water partition coefficient (Wildman–Crippen LogP) is 2.35. The summed E-state index contributed by atoms with van der Waals surface area (Å²) in [4.78, 5) is 15.1. The quantitative estimate of drug-likeness (QED) is 0.838. The van der Waals surface area contributed by atoms with Crippen molar-refractivity contribution in [3.8, 4) is 0 Å². The molecule has 2 atom stereocenters. The minimum absolute atomic E-state index is 0.167. The van der Waals surface area contributed by atoms with Crippen LogP contribution in [0.4, 0.5) is 0 Å². The Bertz CT molecular complexity index is 639. The molecule has 0 spiro atoms. The van der Waals surface area contributed by atoms with E-state index in [9.17, 15) is 4.79 Å². The molecule has 1 aliphatic rings. The standard InChI is InChI=1S/C19H24N2OS/c1-2-21(13-16-9-6-12-23-16)14-19(22)20-18-11-5-8-15-7-3-4-10-17(15)18/h3-4,6-7,9-10,12,18H,2,5,8,11,13-14H2,1H3,(H,20,22)/p+1/t18-/m0/s1. The Morgan fingerprint density at radius 2 is 2.17 bits per heavy atom. The third kappa shape index (κ3) is 4.21. The third-order valence-corrected chi connectivity index (χ3v) is 5.50. The molecule has 3 rings (SSSR count). The SMILES string of the molecule is CC[NH+](CC(=O)N[C@H]1CCCc2ccccc21)Cc1cccs1. The third-order valence-electron chi connectivity index (χ3n) is 4.62. The number of nitrogens with one attached hydrogen (secondary N) is 2. The Hall–Kier alpha value is -1.65. The lowest BCUT2D eigenvalue weighted by atomic mass is 9.88. The largest absolute Gasteiger partial charge is 0.344 e. The fourth-order valence-electron chi connectivity index (χ4n) is 3.35. The fraction of sp³-hybridized carbons (Fsp3) is 0.421. The fourth-order valence-corrected chi connectivity index (χ4v) is 4.12. The Morgan fingerprint density at radius 3 is 2.96 bits per heavy atom. The van der Waals surface area contributed by atoms with Crippen LogP contribution in [0.25, 0.3) is 0 Å². The van der Waals surface area contributed by atoms with Gasteiger partial charge in [-0.05, 0) is 48.8 Å². The molecule has 0 saturated heterocycles. The van der Waals surface area contributed by atoms with Crippen LogP contribution >= 0.6 is 11.3 Å². The first-order valence-corrected chi connectivity index (χ1v) is 9.37. The zero-order chi connectivity index (χ0) is 16.1. The van der Waals surface area contributed by atoms with E-state index in [1.54, 1.807) is 11.3 Å². The number of benzene rings is 1. The van der Waals surface area contributed by atoms with Gasteiger partial charge in [0, 0.05) is 0 Å². The summed E-state index contributed by atoms with van der Waals surface area (Å²) in [5, 5.41) is 5.36. The van der Waals surface area contributed by atoms with Crippen LogP contribution in [0.2, 0.25) is 0 Å². The van der Waals surface area contributed by atoms with E-state index in [1.807, 2.05) is 0 Å². The van der Waals surface area contributed by atoms with Crippen LogP contribution in [-0.4, -0.2) is 19.0 Å². The molecule has 0 radical (unpaired) electrons. The molecule has 0 saturated carbocycles. The minimum atomic E-state index is 0.167. The van der Waals surface area contributed by atoms with Gasteiger partial charge in [0.15, 0.2) is 6.54 Å². The van der Waals surface area contributed by atoms with E-state index in [0.717, 1.165) is 32.4 Å². The molecular weight excluding hydrogens is 304 g/mol. The number of hydrogen-bond donors (Lipinski definition) is 2. The average Bonchev–Trinajstić information content (AvgIpc) is 3.07. The molecule has 2 aromatic rings. The summed E-state index contributed by atoms with van der Waals surface area (Å²) in [6, 6.07) is 12.9. The van der Waals surface area contributed by atoms with Gasteiger partial charge < -0.3 is 10.2 Å². The number of rotatable bonds is 6. The van der Waals surface area contributed by atoms with E-state index < -0.39 is 0 Å². The van der Waals surface area contributed by atoms with Crippen molar-refractivity contribution >= 4 is 17.2 Å². The predicted molar refractivity (Wildman–Crippen MR) is 94.7 cm³/mol. The van der Waals surface area contributed by atoms with Crippen molar-refractivity contribution in [1.29, 1.82) is 0 Å². The lowest BCUT2D eigenvalue weighted by molar-refractivity contribution is -0.903. The maximum atomic E-state index is 12.5. The average molecular weight is 329 g/mol. The number of likely N-dealkylation sites (N-methyl/N-ethyl adjacent to an activating group) is 1. The van der Waals surface area contributed by atoms with Crippen molar-refractivity contribution in [2.45, 2.75) is 38.8 Å². The molecule has 1 heterocycles. The maximum Gasteiger partial charge on any atom is 0.275 e. The zero-order valence-corrected chi connectivity index (χ0v) is 14.5. The highest BCUT2D eigenvalue weighted by atomic mass is 32.1. The van der Waals surface area contributed by atoms with E-state index in [-0.39, 0.29) is 11.9 Å². The van der Waals surface area contributed by atoms with Gasteiger partial charge in [-0.2, -0.15) is 0 Å². The van der Waals surface area contributed by atoms with Crippen molar-refractivity contribution in [1.82, 2.24) is 5.32 Å². The highest BCUT2D eigenvalue weighted by Gasteiger charge is 2.23. The first-order valence-electron chi connectivity index (χ1n) is 8.49. The van der Waals surface area contributed by atoms with Gasteiger partial charge in [0.1, 0.15) is 6.54 Å². The Morgan fingerprint density at radius 1 is 1.30 bits per heavy atom. The van der Waals surface area contributed by atoms with Crippen LogP contribution in [0, 0.1) is 0 Å². The number of amides is 1. The van der Waals surface area contributed by atoms with Gasteiger partial charge in [0.2, 0.25) is 0 Å². The van der Waals surface area contributed by atoms with E-state index in [1.165, 1.54) is 20.9 Å². The summed E-state index contributed by atoms with van der Waals surface area (Å²) in [5.41, 5.74) is 2.70.